The largest absolute Gasteiger partial charge is 0.381 e. The molecule has 0 spiro atoms. The van der Waals surface area contributed by atoms with Crippen LogP contribution in [0.25, 0.3) is 0 Å². The number of allylic oxidation sites excluding steroid dienone is 3. The molecule has 1 aromatic rings. The third-order valence-corrected chi connectivity index (χ3v) is 7.17. The molecule has 1 heterocycles. The van der Waals surface area contributed by atoms with Crippen molar-refractivity contribution in [3.05, 3.63) is 58.6 Å². The SMILES string of the molecule is C.C/C=C(\CCC(C)CCOCC(C)c1ccccc1)SCC1=NC=C(C(C)(C)C)C1. The molecule has 1 aliphatic rings. The fourth-order valence-electron chi connectivity index (χ4n) is 3.46. The van der Waals surface area contributed by atoms with E-state index in [-0.39, 0.29) is 12.8 Å². The van der Waals surface area contributed by atoms with Gasteiger partial charge in [-0.15, -0.1) is 11.8 Å². The van der Waals surface area contributed by atoms with Crippen LogP contribution in [0.3, 0.4) is 0 Å². The first-order valence-electron chi connectivity index (χ1n) is 11.4. The first kappa shape index (κ1) is 27.7. The second-order valence-electron chi connectivity index (χ2n) is 9.64. The summed E-state index contributed by atoms with van der Waals surface area (Å²) in [6.07, 6.45) is 8.93. The van der Waals surface area contributed by atoms with Gasteiger partial charge in [-0.05, 0) is 53.6 Å². The second-order valence-corrected chi connectivity index (χ2v) is 10.7. The van der Waals surface area contributed by atoms with E-state index in [2.05, 4.69) is 89.1 Å². The van der Waals surface area contributed by atoms with E-state index >= 15 is 0 Å². The number of benzene rings is 1. The van der Waals surface area contributed by atoms with E-state index in [0.717, 1.165) is 38.2 Å². The maximum absolute atomic E-state index is 5.96. The smallest absolute Gasteiger partial charge is 0.0532 e. The molecular weight excluding hydrogens is 398 g/mol. The summed E-state index contributed by atoms with van der Waals surface area (Å²) in [5.41, 5.74) is 4.36. The molecule has 0 bridgehead atoms. The molecule has 0 saturated carbocycles. The highest BCUT2D eigenvalue weighted by Crippen LogP contribution is 2.33. The average Bonchev–Trinajstić information content (AvgIpc) is 3.21. The lowest BCUT2D eigenvalue weighted by Crippen LogP contribution is -2.11. The van der Waals surface area contributed by atoms with Gasteiger partial charge in [0.15, 0.2) is 0 Å². The Labute approximate surface area is 196 Å². The van der Waals surface area contributed by atoms with Crippen LogP contribution in [0.5, 0.6) is 0 Å². The van der Waals surface area contributed by atoms with Gasteiger partial charge in [-0.25, -0.2) is 0 Å². The van der Waals surface area contributed by atoms with Crippen LogP contribution in [0, 0.1) is 11.3 Å². The molecule has 0 radical (unpaired) electrons. The van der Waals surface area contributed by atoms with Crippen molar-refractivity contribution in [3.63, 3.8) is 0 Å². The summed E-state index contributed by atoms with van der Waals surface area (Å²) in [6.45, 7) is 15.2. The van der Waals surface area contributed by atoms with Crippen molar-refractivity contribution in [2.24, 2.45) is 16.3 Å². The highest BCUT2D eigenvalue weighted by Gasteiger charge is 2.22. The summed E-state index contributed by atoms with van der Waals surface area (Å²) >= 11 is 1.97. The minimum atomic E-state index is 0. The van der Waals surface area contributed by atoms with E-state index in [9.17, 15) is 0 Å². The van der Waals surface area contributed by atoms with Crippen molar-refractivity contribution in [1.29, 1.82) is 0 Å². The molecule has 0 amide bonds. The summed E-state index contributed by atoms with van der Waals surface area (Å²) in [5, 5.41) is 0. The van der Waals surface area contributed by atoms with Gasteiger partial charge in [0.05, 0.1) is 6.61 Å². The third kappa shape index (κ3) is 10.2. The number of hydrogen-bond donors (Lipinski definition) is 0. The molecular formula is C28H45NOS. The van der Waals surface area contributed by atoms with Gasteiger partial charge < -0.3 is 4.74 Å². The van der Waals surface area contributed by atoms with Crippen LogP contribution in [-0.4, -0.2) is 24.7 Å². The van der Waals surface area contributed by atoms with Crippen molar-refractivity contribution in [2.45, 2.75) is 80.6 Å². The molecule has 3 heteroatoms. The number of nitrogens with zero attached hydrogens (tertiary/aromatic N) is 1. The zero-order valence-electron chi connectivity index (χ0n) is 19.9. The molecule has 174 valence electrons. The zero-order valence-corrected chi connectivity index (χ0v) is 20.7. The molecule has 31 heavy (non-hydrogen) atoms. The summed E-state index contributed by atoms with van der Waals surface area (Å²) in [7, 11) is 0. The Morgan fingerprint density at radius 3 is 2.48 bits per heavy atom. The Balaban J connectivity index is 0.00000480. The highest BCUT2D eigenvalue weighted by molar-refractivity contribution is 8.03. The van der Waals surface area contributed by atoms with Crippen LogP contribution in [0.2, 0.25) is 0 Å². The lowest BCUT2D eigenvalue weighted by molar-refractivity contribution is 0.111. The van der Waals surface area contributed by atoms with Gasteiger partial charge in [0, 0.05) is 36.6 Å². The molecule has 1 aromatic carbocycles. The van der Waals surface area contributed by atoms with E-state index in [4.69, 9.17) is 4.74 Å². The summed E-state index contributed by atoms with van der Waals surface area (Å²) < 4.78 is 5.96. The van der Waals surface area contributed by atoms with Crippen LogP contribution in [0.4, 0.5) is 0 Å². The van der Waals surface area contributed by atoms with Gasteiger partial charge in [0.1, 0.15) is 0 Å². The molecule has 2 nitrogen and oxygen atoms in total. The monoisotopic (exact) mass is 443 g/mol. The van der Waals surface area contributed by atoms with E-state index in [1.165, 1.54) is 28.2 Å². The van der Waals surface area contributed by atoms with Gasteiger partial charge in [-0.1, -0.05) is 78.5 Å². The van der Waals surface area contributed by atoms with Gasteiger partial charge in [-0.3, -0.25) is 4.99 Å². The zero-order chi connectivity index (χ0) is 22.0. The van der Waals surface area contributed by atoms with Crippen LogP contribution >= 0.6 is 11.8 Å². The number of hydrogen-bond acceptors (Lipinski definition) is 3. The van der Waals surface area contributed by atoms with Crippen LogP contribution in [0.15, 0.2) is 58.1 Å². The van der Waals surface area contributed by atoms with Gasteiger partial charge in [0.2, 0.25) is 0 Å². The topological polar surface area (TPSA) is 21.6 Å². The standard InChI is InChI=1S/C27H41NOS.CH4/c1-7-26(30-20-25-17-24(18-28-25)27(4,5)6)14-13-21(2)15-16-29-19-22(3)23-11-9-8-10-12-23;/h7-12,18,21-22H,13-17,19-20H2,1-6H3;1H4/b26-7+;. The number of rotatable bonds is 12. The minimum Gasteiger partial charge on any atom is -0.381 e. The molecule has 0 fully saturated rings. The molecule has 1 aliphatic heterocycles. The average molecular weight is 444 g/mol. The molecule has 2 atom stereocenters. The molecule has 0 saturated heterocycles. The predicted molar refractivity (Wildman–Crippen MR) is 141 cm³/mol. The summed E-state index contributed by atoms with van der Waals surface area (Å²) in [5.74, 6) is 2.16. The Morgan fingerprint density at radius 2 is 1.87 bits per heavy atom. The number of ether oxygens (including phenoxy) is 1. The lowest BCUT2D eigenvalue weighted by Gasteiger charge is -2.20. The van der Waals surface area contributed by atoms with Crippen molar-refractivity contribution in [2.75, 3.05) is 19.0 Å². The molecule has 0 aliphatic carbocycles. The van der Waals surface area contributed by atoms with Crippen molar-refractivity contribution < 1.29 is 4.74 Å². The van der Waals surface area contributed by atoms with Gasteiger partial charge >= 0.3 is 0 Å². The Kier molecular flexibility index (Phi) is 12.5. The van der Waals surface area contributed by atoms with E-state index in [0.29, 0.717) is 11.8 Å². The third-order valence-electron chi connectivity index (χ3n) is 5.88. The fourth-order valence-corrected chi connectivity index (χ4v) is 4.42. The Bertz CT molecular complexity index is 727. The summed E-state index contributed by atoms with van der Waals surface area (Å²) in [4.78, 5) is 6.15. The van der Waals surface area contributed by atoms with Crippen LogP contribution in [-0.2, 0) is 4.74 Å². The maximum atomic E-state index is 5.96. The number of aliphatic imine (C=N–C) groups is 1. The lowest BCUT2D eigenvalue weighted by atomic mass is 9.85. The van der Waals surface area contributed by atoms with Gasteiger partial charge in [-0.2, -0.15) is 0 Å². The Morgan fingerprint density at radius 1 is 1.16 bits per heavy atom. The van der Waals surface area contributed by atoms with Crippen molar-refractivity contribution in [1.82, 2.24) is 0 Å². The van der Waals surface area contributed by atoms with Gasteiger partial charge in [0.25, 0.3) is 0 Å². The maximum Gasteiger partial charge on any atom is 0.0532 e. The minimum absolute atomic E-state index is 0. The van der Waals surface area contributed by atoms with Crippen LogP contribution < -0.4 is 0 Å². The van der Waals surface area contributed by atoms with E-state index in [1.54, 1.807) is 0 Å². The van der Waals surface area contributed by atoms with Crippen molar-refractivity contribution in [3.8, 4) is 0 Å². The van der Waals surface area contributed by atoms with Crippen molar-refractivity contribution >= 4 is 17.5 Å². The fraction of sp³-hybridized carbons (Fsp3) is 0.607. The molecule has 2 rings (SSSR count). The first-order valence-corrected chi connectivity index (χ1v) is 12.4. The highest BCUT2D eigenvalue weighted by atomic mass is 32.2. The second kappa shape index (κ2) is 14.0. The molecule has 0 aromatic heterocycles. The van der Waals surface area contributed by atoms with E-state index < -0.39 is 0 Å². The number of thioether (sulfide) groups is 1. The molecule has 0 N–H and O–H groups in total. The predicted octanol–water partition coefficient (Wildman–Crippen LogP) is 8.66. The normalized spacial score (nSPS) is 16.4. The molecule has 2 unspecified atom stereocenters. The summed E-state index contributed by atoms with van der Waals surface area (Å²) in [6, 6.07) is 10.6. The van der Waals surface area contributed by atoms with E-state index in [1.807, 2.05) is 11.8 Å². The first-order chi connectivity index (χ1) is 14.3. The quantitative estimate of drug-likeness (QED) is 0.301. The Hall–Kier alpha value is -1.32. The van der Waals surface area contributed by atoms with Crippen LogP contribution in [0.1, 0.15) is 86.1 Å².